The monoisotopic (exact) mass is 462 g/mol. The Kier molecular flexibility index (Phi) is 4.40. The van der Waals surface area contributed by atoms with Gasteiger partial charge < -0.3 is 9.15 Å². The highest BCUT2D eigenvalue weighted by molar-refractivity contribution is 9.10. The van der Waals surface area contributed by atoms with Crippen LogP contribution in [0.2, 0.25) is 0 Å². The van der Waals surface area contributed by atoms with Crippen LogP contribution in [0.4, 0.5) is 5.69 Å². The number of carbonyl (C=O) groups is 2. The van der Waals surface area contributed by atoms with Gasteiger partial charge in [0, 0.05) is 15.6 Å². The van der Waals surface area contributed by atoms with Crippen LogP contribution in [-0.2, 0) is 16.1 Å². The standard InChI is InChI=1S/C23H15BrN2O4/c1-13-19(22(27)26(25-13)17-4-2-3-16(24)10-17)11-18-7-8-21(30-18)14-5-6-15-12-29-23(28)20(15)9-14/h2-11H,12H2,1H3/b19-11+. The lowest BCUT2D eigenvalue weighted by atomic mass is 10.0. The van der Waals surface area contributed by atoms with E-state index in [2.05, 4.69) is 21.0 Å². The molecule has 3 aromatic rings. The molecule has 30 heavy (non-hydrogen) atoms. The van der Waals surface area contributed by atoms with E-state index in [0.29, 0.717) is 40.7 Å². The Morgan fingerprint density at radius 2 is 1.97 bits per heavy atom. The Morgan fingerprint density at radius 3 is 2.80 bits per heavy atom. The molecule has 0 radical (unpaired) electrons. The van der Waals surface area contributed by atoms with Gasteiger partial charge in [-0.05, 0) is 49.4 Å². The molecule has 3 heterocycles. The molecule has 6 nitrogen and oxygen atoms in total. The van der Waals surface area contributed by atoms with Crippen LogP contribution < -0.4 is 5.01 Å². The van der Waals surface area contributed by atoms with Crippen molar-refractivity contribution in [2.45, 2.75) is 13.5 Å². The Bertz CT molecular complexity index is 1270. The first kappa shape index (κ1) is 18.6. The van der Waals surface area contributed by atoms with E-state index < -0.39 is 0 Å². The predicted octanol–water partition coefficient (Wildman–Crippen LogP) is 5.19. The van der Waals surface area contributed by atoms with Gasteiger partial charge in [-0.15, -0.1) is 0 Å². The van der Waals surface area contributed by atoms with E-state index in [0.717, 1.165) is 15.6 Å². The Balaban J connectivity index is 1.43. The Labute approximate surface area is 180 Å². The van der Waals surface area contributed by atoms with E-state index in [9.17, 15) is 9.59 Å². The van der Waals surface area contributed by atoms with Gasteiger partial charge in [-0.2, -0.15) is 10.1 Å². The van der Waals surface area contributed by atoms with Gasteiger partial charge >= 0.3 is 5.97 Å². The highest BCUT2D eigenvalue weighted by Gasteiger charge is 2.29. The van der Waals surface area contributed by atoms with Crippen molar-refractivity contribution < 1.29 is 18.7 Å². The van der Waals surface area contributed by atoms with Gasteiger partial charge in [0.05, 0.1) is 22.5 Å². The number of hydrogen-bond acceptors (Lipinski definition) is 5. The number of hydrogen-bond donors (Lipinski definition) is 0. The van der Waals surface area contributed by atoms with Gasteiger partial charge in [-0.3, -0.25) is 4.79 Å². The first-order valence-electron chi connectivity index (χ1n) is 9.27. The quantitative estimate of drug-likeness (QED) is 0.396. The molecule has 0 spiro atoms. The van der Waals surface area contributed by atoms with Crippen molar-refractivity contribution in [2.75, 3.05) is 5.01 Å². The molecule has 2 aliphatic heterocycles. The van der Waals surface area contributed by atoms with Crippen LogP contribution in [0.5, 0.6) is 0 Å². The SMILES string of the molecule is CC1=NN(c2cccc(Br)c2)C(=O)/C1=C/c1ccc(-c2ccc3c(c2)C(=O)OC3)o1. The fourth-order valence-electron chi connectivity index (χ4n) is 3.46. The third-order valence-electron chi connectivity index (χ3n) is 5.00. The number of hydrazone groups is 1. The minimum absolute atomic E-state index is 0.219. The van der Waals surface area contributed by atoms with Crippen molar-refractivity contribution in [3.63, 3.8) is 0 Å². The maximum atomic E-state index is 12.9. The average molecular weight is 463 g/mol. The molecule has 0 unspecified atom stereocenters. The highest BCUT2D eigenvalue weighted by Crippen LogP contribution is 2.30. The molecule has 2 aromatic carbocycles. The van der Waals surface area contributed by atoms with Gasteiger partial charge in [-0.1, -0.05) is 34.1 Å². The Hall–Kier alpha value is -3.45. The molecule has 0 saturated carbocycles. The van der Waals surface area contributed by atoms with Crippen LogP contribution in [0, 0.1) is 0 Å². The van der Waals surface area contributed by atoms with E-state index in [1.54, 1.807) is 25.1 Å². The van der Waals surface area contributed by atoms with Gasteiger partial charge in [0.25, 0.3) is 5.91 Å². The lowest BCUT2D eigenvalue weighted by Crippen LogP contribution is -2.21. The number of halogens is 1. The molecular formula is C23H15BrN2O4. The normalized spacial score (nSPS) is 16.8. The molecule has 0 atom stereocenters. The Morgan fingerprint density at radius 1 is 1.10 bits per heavy atom. The number of esters is 1. The molecule has 0 N–H and O–H groups in total. The van der Waals surface area contributed by atoms with Crippen molar-refractivity contribution in [1.82, 2.24) is 0 Å². The van der Waals surface area contributed by atoms with Crippen LogP contribution in [0.1, 0.15) is 28.6 Å². The molecule has 0 saturated heterocycles. The second-order valence-corrected chi connectivity index (χ2v) is 7.91. The number of carbonyl (C=O) groups excluding carboxylic acids is 2. The van der Waals surface area contributed by atoms with Gasteiger partial charge in [0.2, 0.25) is 0 Å². The smallest absolute Gasteiger partial charge is 0.338 e. The summed E-state index contributed by atoms with van der Waals surface area (Å²) in [5, 5.41) is 5.77. The van der Waals surface area contributed by atoms with Crippen molar-refractivity contribution in [3.8, 4) is 11.3 Å². The zero-order chi connectivity index (χ0) is 20.8. The summed E-state index contributed by atoms with van der Waals surface area (Å²) in [6, 6.07) is 16.5. The van der Waals surface area contributed by atoms with Crippen LogP contribution in [0.25, 0.3) is 17.4 Å². The maximum Gasteiger partial charge on any atom is 0.338 e. The number of furan rings is 1. The van der Waals surface area contributed by atoms with Crippen LogP contribution in [0.15, 0.2) is 74.2 Å². The van der Waals surface area contributed by atoms with E-state index >= 15 is 0 Å². The molecule has 1 aromatic heterocycles. The van der Waals surface area contributed by atoms with Crippen molar-refractivity contribution in [1.29, 1.82) is 0 Å². The molecule has 148 valence electrons. The summed E-state index contributed by atoms with van der Waals surface area (Å²) in [5.74, 6) is 0.593. The van der Waals surface area contributed by atoms with Gasteiger partial charge in [0.15, 0.2) is 0 Å². The molecule has 0 aliphatic carbocycles. The lowest BCUT2D eigenvalue weighted by molar-refractivity contribution is -0.114. The molecule has 0 bridgehead atoms. The molecule has 0 fully saturated rings. The molecule has 7 heteroatoms. The first-order valence-corrected chi connectivity index (χ1v) is 10.1. The number of cyclic esters (lactones) is 1. The second kappa shape index (κ2) is 7.11. The number of ether oxygens (including phenoxy) is 1. The van der Waals surface area contributed by atoms with Gasteiger partial charge in [0.1, 0.15) is 18.1 Å². The minimum Gasteiger partial charge on any atom is -0.457 e. The van der Waals surface area contributed by atoms with Crippen LogP contribution in [0.3, 0.4) is 0 Å². The minimum atomic E-state index is -0.322. The number of rotatable bonds is 3. The highest BCUT2D eigenvalue weighted by atomic mass is 79.9. The van der Waals surface area contributed by atoms with Crippen LogP contribution in [-0.4, -0.2) is 17.6 Å². The number of fused-ring (bicyclic) bond motifs is 1. The van der Waals surface area contributed by atoms with E-state index in [-0.39, 0.29) is 11.9 Å². The first-order chi connectivity index (χ1) is 14.5. The average Bonchev–Trinajstić information content (AvgIpc) is 3.43. The zero-order valence-electron chi connectivity index (χ0n) is 15.9. The molecular weight excluding hydrogens is 448 g/mol. The number of nitrogens with zero attached hydrogens (tertiary/aromatic N) is 2. The van der Waals surface area contributed by atoms with Crippen molar-refractivity contribution in [3.05, 3.63) is 81.5 Å². The van der Waals surface area contributed by atoms with Gasteiger partial charge in [-0.25, -0.2) is 4.79 Å². The van der Waals surface area contributed by atoms with E-state index in [1.807, 2.05) is 42.5 Å². The summed E-state index contributed by atoms with van der Waals surface area (Å²) >= 11 is 3.42. The lowest BCUT2D eigenvalue weighted by Gasteiger charge is -2.11. The fraction of sp³-hybridized carbons (Fsp3) is 0.0870. The summed E-state index contributed by atoms with van der Waals surface area (Å²) in [5.41, 5.74) is 3.96. The summed E-state index contributed by atoms with van der Waals surface area (Å²) < 4.78 is 11.8. The predicted molar refractivity (Wildman–Crippen MR) is 116 cm³/mol. The van der Waals surface area contributed by atoms with E-state index in [4.69, 9.17) is 9.15 Å². The summed E-state index contributed by atoms with van der Waals surface area (Å²) in [6.07, 6.45) is 1.68. The van der Waals surface area contributed by atoms with E-state index in [1.165, 1.54) is 5.01 Å². The summed E-state index contributed by atoms with van der Waals surface area (Å²) in [4.78, 5) is 24.7. The largest absolute Gasteiger partial charge is 0.457 e. The summed E-state index contributed by atoms with van der Waals surface area (Å²) in [7, 11) is 0. The molecule has 5 rings (SSSR count). The molecule has 1 amide bonds. The number of anilines is 1. The van der Waals surface area contributed by atoms with Crippen LogP contribution >= 0.6 is 15.9 Å². The summed E-state index contributed by atoms with van der Waals surface area (Å²) in [6.45, 7) is 2.09. The fourth-order valence-corrected chi connectivity index (χ4v) is 3.85. The zero-order valence-corrected chi connectivity index (χ0v) is 17.5. The third-order valence-corrected chi connectivity index (χ3v) is 5.50. The number of amides is 1. The second-order valence-electron chi connectivity index (χ2n) is 6.99. The van der Waals surface area contributed by atoms with Crippen molar-refractivity contribution in [2.24, 2.45) is 5.10 Å². The third kappa shape index (κ3) is 3.17. The van der Waals surface area contributed by atoms with Crippen molar-refractivity contribution >= 4 is 45.3 Å². The maximum absolute atomic E-state index is 12.9. The number of benzene rings is 2. The molecule has 2 aliphatic rings. The topological polar surface area (TPSA) is 72.1 Å².